The molecule has 1 amide bonds. The number of aromatic carboxylic acids is 2. The van der Waals surface area contributed by atoms with E-state index in [4.69, 9.17) is 10.2 Å². The standard InChI is InChI=1S/C15H13NO5S/c1-7-8(2)22-6-12(7)13(17)16-11-4-9(14(18)19)3-10(5-11)15(20)21/h3-6H,1-2H3,(H,16,17)(H,18,19)(H,20,21). The van der Waals surface area contributed by atoms with Crippen LogP contribution in [0.3, 0.4) is 0 Å². The van der Waals surface area contributed by atoms with E-state index in [1.165, 1.54) is 23.5 Å². The molecule has 0 fully saturated rings. The maximum Gasteiger partial charge on any atom is 0.335 e. The molecule has 3 N–H and O–H groups in total. The van der Waals surface area contributed by atoms with E-state index in [0.29, 0.717) is 5.56 Å². The number of hydrogen-bond donors (Lipinski definition) is 3. The van der Waals surface area contributed by atoms with Crippen LogP contribution in [0, 0.1) is 13.8 Å². The van der Waals surface area contributed by atoms with Crippen molar-refractivity contribution in [3.8, 4) is 0 Å². The minimum atomic E-state index is -1.26. The number of amides is 1. The Bertz CT molecular complexity index is 746. The van der Waals surface area contributed by atoms with Gasteiger partial charge in [-0.1, -0.05) is 0 Å². The van der Waals surface area contributed by atoms with Crippen LogP contribution in [-0.2, 0) is 0 Å². The molecular formula is C15H13NO5S. The number of nitrogens with one attached hydrogen (secondary N) is 1. The summed E-state index contributed by atoms with van der Waals surface area (Å²) in [5, 5.41) is 22.3. The maximum atomic E-state index is 12.2. The smallest absolute Gasteiger partial charge is 0.335 e. The first kappa shape index (κ1) is 15.7. The summed E-state index contributed by atoms with van der Waals surface area (Å²) in [7, 11) is 0. The van der Waals surface area contributed by atoms with Crippen molar-refractivity contribution in [1.82, 2.24) is 0 Å². The summed E-state index contributed by atoms with van der Waals surface area (Å²) in [6.45, 7) is 3.71. The van der Waals surface area contributed by atoms with Crippen LogP contribution in [-0.4, -0.2) is 28.1 Å². The van der Waals surface area contributed by atoms with Crippen LogP contribution in [0.15, 0.2) is 23.6 Å². The zero-order chi connectivity index (χ0) is 16.4. The van der Waals surface area contributed by atoms with Crippen LogP contribution in [0.1, 0.15) is 41.5 Å². The fourth-order valence-corrected chi connectivity index (χ4v) is 2.75. The topological polar surface area (TPSA) is 104 Å². The summed E-state index contributed by atoms with van der Waals surface area (Å²) in [5.74, 6) is -2.93. The Hall–Kier alpha value is -2.67. The second-order valence-electron chi connectivity index (χ2n) is 4.69. The van der Waals surface area contributed by atoms with E-state index in [2.05, 4.69) is 5.32 Å². The van der Waals surface area contributed by atoms with Gasteiger partial charge in [0.15, 0.2) is 0 Å². The summed E-state index contributed by atoms with van der Waals surface area (Å²) in [4.78, 5) is 35.3. The van der Waals surface area contributed by atoms with Gasteiger partial charge in [0, 0.05) is 15.9 Å². The molecule has 0 radical (unpaired) electrons. The summed E-state index contributed by atoms with van der Waals surface area (Å²) in [5.41, 5.74) is 1.06. The quantitative estimate of drug-likeness (QED) is 0.803. The number of benzene rings is 1. The number of carboxylic acid groups (broad SMARTS) is 2. The molecular weight excluding hydrogens is 306 g/mol. The molecule has 7 heteroatoms. The molecule has 114 valence electrons. The van der Waals surface area contributed by atoms with Crippen LogP contribution < -0.4 is 5.32 Å². The highest BCUT2D eigenvalue weighted by Gasteiger charge is 2.16. The Morgan fingerprint density at radius 3 is 1.95 bits per heavy atom. The molecule has 0 spiro atoms. The summed E-state index contributed by atoms with van der Waals surface area (Å²) in [6, 6.07) is 3.49. The minimum Gasteiger partial charge on any atom is -0.478 e. The third-order valence-corrected chi connectivity index (χ3v) is 4.23. The van der Waals surface area contributed by atoms with Crippen molar-refractivity contribution in [2.75, 3.05) is 5.32 Å². The van der Waals surface area contributed by atoms with Gasteiger partial charge in [-0.15, -0.1) is 11.3 Å². The van der Waals surface area contributed by atoms with E-state index in [-0.39, 0.29) is 16.8 Å². The molecule has 0 aliphatic rings. The number of rotatable bonds is 4. The van der Waals surface area contributed by atoms with Crippen molar-refractivity contribution in [2.24, 2.45) is 0 Å². The molecule has 0 atom stereocenters. The Morgan fingerprint density at radius 1 is 1.00 bits per heavy atom. The SMILES string of the molecule is Cc1scc(C(=O)Nc2cc(C(=O)O)cc(C(=O)O)c2)c1C. The zero-order valence-corrected chi connectivity index (χ0v) is 12.7. The number of anilines is 1. The van der Waals surface area contributed by atoms with E-state index in [9.17, 15) is 14.4 Å². The number of carboxylic acids is 2. The fourth-order valence-electron chi connectivity index (χ4n) is 1.88. The van der Waals surface area contributed by atoms with Gasteiger partial charge in [-0.05, 0) is 37.6 Å². The lowest BCUT2D eigenvalue weighted by atomic mass is 10.1. The molecule has 0 aliphatic heterocycles. The number of aryl methyl sites for hydroxylation is 1. The molecule has 0 saturated carbocycles. The molecule has 0 aliphatic carbocycles. The maximum absolute atomic E-state index is 12.2. The molecule has 2 aromatic rings. The number of hydrogen-bond acceptors (Lipinski definition) is 4. The predicted molar refractivity (Wildman–Crippen MR) is 82.1 cm³/mol. The van der Waals surface area contributed by atoms with Crippen molar-refractivity contribution in [3.63, 3.8) is 0 Å². The molecule has 1 heterocycles. The van der Waals surface area contributed by atoms with Crippen molar-refractivity contribution >= 4 is 34.9 Å². The fraction of sp³-hybridized carbons (Fsp3) is 0.133. The van der Waals surface area contributed by atoms with E-state index >= 15 is 0 Å². The van der Waals surface area contributed by atoms with Gasteiger partial charge in [-0.3, -0.25) is 4.79 Å². The van der Waals surface area contributed by atoms with Crippen LogP contribution in [0.25, 0.3) is 0 Å². The lowest BCUT2D eigenvalue weighted by Gasteiger charge is -2.08. The lowest BCUT2D eigenvalue weighted by molar-refractivity contribution is 0.0696. The number of thiophene rings is 1. The third-order valence-electron chi connectivity index (χ3n) is 3.22. The van der Waals surface area contributed by atoms with Crippen LogP contribution in [0.4, 0.5) is 5.69 Å². The molecule has 2 rings (SSSR count). The van der Waals surface area contributed by atoms with Gasteiger partial charge in [0.2, 0.25) is 0 Å². The second kappa shape index (κ2) is 5.98. The zero-order valence-electron chi connectivity index (χ0n) is 11.8. The van der Waals surface area contributed by atoms with Gasteiger partial charge in [0.1, 0.15) is 0 Å². The molecule has 1 aromatic carbocycles. The van der Waals surface area contributed by atoms with E-state index in [1.807, 2.05) is 13.8 Å². The summed E-state index contributed by atoms with van der Waals surface area (Å²) >= 11 is 1.44. The molecule has 22 heavy (non-hydrogen) atoms. The van der Waals surface area contributed by atoms with Gasteiger partial charge in [0.25, 0.3) is 5.91 Å². The first-order valence-electron chi connectivity index (χ1n) is 6.27. The first-order chi connectivity index (χ1) is 10.3. The largest absolute Gasteiger partial charge is 0.478 e. The number of carbonyl (C=O) groups is 3. The Labute approximate surface area is 130 Å². The van der Waals surface area contributed by atoms with E-state index in [1.54, 1.807) is 5.38 Å². The third kappa shape index (κ3) is 3.15. The predicted octanol–water partition coefficient (Wildman–Crippen LogP) is 3.01. The highest BCUT2D eigenvalue weighted by Crippen LogP contribution is 2.22. The molecule has 0 unspecified atom stereocenters. The monoisotopic (exact) mass is 319 g/mol. The van der Waals surface area contributed by atoms with Crippen LogP contribution in [0.5, 0.6) is 0 Å². The first-order valence-corrected chi connectivity index (χ1v) is 7.15. The Balaban J connectivity index is 2.36. The van der Waals surface area contributed by atoms with E-state index in [0.717, 1.165) is 16.5 Å². The summed E-state index contributed by atoms with van der Waals surface area (Å²) in [6.07, 6.45) is 0. The van der Waals surface area contributed by atoms with Crippen molar-refractivity contribution in [2.45, 2.75) is 13.8 Å². The van der Waals surface area contributed by atoms with Gasteiger partial charge in [0.05, 0.1) is 16.7 Å². The van der Waals surface area contributed by atoms with Crippen molar-refractivity contribution < 1.29 is 24.6 Å². The normalized spacial score (nSPS) is 10.3. The van der Waals surface area contributed by atoms with Gasteiger partial charge < -0.3 is 15.5 Å². The highest BCUT2D eigenvalue weighted by atomic mass is 32.1. The minimum absolute atomic E-state index is 0.130. The van der Waals surface area contributed by atoms with Gasteiger partial charge in [-0.2, -0.15) is 0 Å². The Morgan fingerprint density at radius 2 is 1.55 bits per heavy atom. The van der Waals surface area contributed by atoms with Crippen molar-refractivity contribution in [1.29, 1.82) is 0 Å². The summed E-state index contributed by atoms with van der Waals surface area (Å²) < 4.78 is 0. The van der Waals surface area contributed by atoms with Crippen LogP contribution in [0.2, 0.25) is 0 Å². The average Bonchev–Trinajstić information content (AvgIpc) is 2.78. The van der Waals surface area contributed by atoms with Gasteiger partial charge >= 0.3 is 11.9 Å². The number of carbonyl (C=O) groups excluding carboxylic acids is 1. The van der Waals surface area contributed by atoms with Gasteiger partial charge in [-0.25, -0.2) is 9.59 Å². The molecule has 0 bridgehead atoms. The lowest BCUT2D eigenvalue weighted by Crippen LogP contribution is -2.14. The molecule has 0 saturated heterocycles. The molecule has 6 nitrogen and oxygen atoms in total. The van der Waals surface area contributed by atoms with Crippen LogP contribution >= 0.6 is 11.3 Å². The highest BCUT2D eigenvalue weighted by molar-refractivity contribution is 7.10. The van der Waals surface area contributed by atoms with Crippen molar-refractivity contribution in [3.05, 3.63) is 50.7 Å². The molecule has 1 aromatic heterocycles. The Kier molecular flexibility index (Phi) is 4.27. The van der Waals surface area contributed by atoms with E-state index < -0.39 is 17.8 Å². The average molecular weight is 319 g/mol. The second-order valence-corrected chi connectivity index (χ2v) is 5.78.